The van der Waals surface area contributed by atoms with Crippen LogP contribution >= 0.6 is 0 Å². The molecule has 1 saturated heterocycles. The van der Waals surface area contributed by atoms with Crippen LogP contribution in [0.4, 0.5) is 5.82 Å². The van der Waals surface area contributed by atoms with Gasteiger partial charge in [0, 0.05) is 29.8 Å². The highest BCUT2D eigenvalue weighted by Crippen LogP contribution is 2.45. The summed E-state index contributed by atoms with van der Waals surface area (Å²) in [6.07, 6.45) is 2.19. The van der Waals surface area contributed by atoms with Crippen molar-refractivity contribution in [3.8, 4) is 28.5 Å². The van der Waals surface area contributed by atoms with E-state index in [1.165, 1.54) is 0 Å². The SMILES string of the molecule is N#Cc1c(N2CCCC2)nc(-c2ccccc2)c2c1-c1ccccc1C2=O. The van der Waals surface area contributed by atoms with E-state index in [0.717, 1.165) is 42.6 Å². The molecule has 1 aromatic heterocycles. The molecule has 2 aliphatic rings. The number of carbonyl (C=O) groups excluding carboxylic acids is 1. The van der Waals surface area contributed by atoms with E-state index in [0.29, 0.717) is 28.2 Å². The minimum Gasteiger partial charge on any atom is -0.355 e. The predicted molar refractivity (Wildman–Crippen MR) is 105 cm³/mol. The number of hydrogen-bond acceptors (Lipinski definition) is 4. The smallest absolute Gasteiger partial charge is 0.196 e. The van der Waals surface area contributed by atoms with Gasteiger partial charge in [-0.15, -0.1) is 0 Å². The van der Waals surface area contributed by atoms with Crippen LogP contribution in [0.15, 0.2) is 54.6 Å². The molecule has 0 saturated carbocycles. The Morgan fingerprint density at radius 1 is 0.889 bits per heavy atom. The van der Waals surface area contributed by atoms with E-state index < -0.39 is 0 Å². The van der Waals surface area contributed by atoms with Crippen LogP contribution in [-0.2, 0) is 0 Å². The van der Waals surface area contributed by atoms with Gasteiger partial charge in [-0.3, -0.25) is 4.79 Å². The summed E-state index contributed by atoms with van der Waals surface area (Å²) >= 11 is 0. The lowest BCUT2D eigenvalue weighted by molar-refractivity contribution is 0.104. The van der Waals surface area contributed by atoms with Crippen molar-refractivity contribution in [1.82, 2.24) is 4.98 Å². The molecule has 5 rings (SSSR count). The van der Waals surface area contributed by atoms with E-state index in [4.69, 9.17) is 4.98 Å². The Morgan fingerprint density at radius 2 is 1.56 bits per heavy atom. The maximum atomic E-state index is 13.2. The van der Waals surface area contributed by atoms with E-state index in [2.05, 4.69) is 11.0 Å². The van der Waals surface area contributed by atoms with Crippen molar-refractivity contribution in [2.75, 3.05) is 18.0 Å². The number of fused-ring (bicyclic) bond motifs is 3. The van der Waals surface area contributed by atoms with Crippen molar-refractivity contribution in [3.63, 3.8) is 0 Å². The first-order chi connectivity index (χ1) is 13.3. The third-order valence-corrected chi connectivity index (χ3v) is 5.41. The molecule has 1 aliphatic carbocycles. The second-order valence-electron chi connectivity index (χ2n) is 6.96. The van der Waals surface area contributed by atoms with Crippen molar-refractivity contribution in [1.29, 1.82) is 5.26 Å². The van der Waals surface area contributed by atoms with Crippen LogP contribution in [0.2, 0.25) is 0 Å². The van der Waals surface area contributed by atoms with Crippen LogP contribution in [0.25, 0.3) is 22.4 Å². The molecular weight excluding hydrogens is 334 g/mol. The van der Waals surface area contributed by atoms with Crippen molar-refractivity contribution < 1.29 is 4.79 Å². The molecule has 130 valence electrons. The maximum Gasteiger partial charge on any atom is 0.196 e. The van der Waals surface area contributed by atoms with Crippen molar-refractivity contribution in [2.45, 2.75) is 12.8 Å². The van der Waals surface area contributed by atoms with Gasteiger partial charge in [0.15, 0.2) is 5.78 Å². The zero-order valence-electron chi connectivity index (χ0n) is 14.8. The molecule has 0 radical (unpaired) electrons. The zero-order chi connectivity index (χ0) is 18.4. The number of nitrogens with zero attached hydrogens (tertiary/aromatic N) is 3. The van der Waals surface area contributed by atoms with Gasteiger partial charge in [-0.1, -0.05) is 54.6 Å². The first kappa shape index (κ1) is 15.8. The fraction of sp³-hybridized carbons (Fsp3) is 0.174. The number of anilines is 1. The molecule has 0 spiro atoms. The monoisotopic (exact) mass is 351 g/mol. The largest absolute Gasteiger partial charge is 0.355 e. The van der Waals surface area contributed by atoms with Gasteiger partial charge in [-0.25, -0.2) is 4.98 Å². The van der Waals surface area contributed by atoms with Crippen LogP contribution in [0.3, 0.4) is 0 Å². The molecule has 3 aromatic rings. The zero-order valence-corrected chi connectivity index (χ0v) is 14.8. The van der Waals surface area contributed by atoms with Crippen molar-refractivity contribution in [2.24, 2.45) is 0 Å². The van der Waals surface area contributed by atoms with Crippen molar-refractivity contribution >= 4 is 11.6 Å². The average molecular weight is 351 g/mol. The van der Waals surface area contributed by atoms with Gasteiger partial charge in [-0.05, 0) is 18.4 Å². The Hall–Kier alpha value is -3.45. The molecule has 0 amide bonds. The number of carbonyl (C=O) groups is 1. The van der Waals surface area contributed by atoms with Crippen LogP contribution in [0, 0.1) is 11.3 Å². The molecule has 2 aromatic carbocycles. The second-order valence-corrected chi connectivity index (χ2v) is 6.96. The van der Waals surface area contributed by atoms with Gasteiger partial charge in [0.25, 0.3) is 0 Å². The highest BCUT2D eigenvalue weighted by atomic mass is 16.1. The van der Waals surface area contributed by atoms with E-state index in [1.54, 1.807) is 0 Å². The molecule has 0 atom stereocenters. The van der Waals surface area contributed by atoms with Crippen LogP contribution < -0.4 is 4.90 Å². The van der Waals surface area contributed by atoms with Crippen LogP contribution in [0.1, 0.15) is 34.3 Å². The summed E-state index contributed by atoms with van der Waals surface area (Å²) in [6, 6.07) is 19.7. The quantitative estimate of drug-likeness (QED) is 0.536. The summed E-state index contributed by atoms with van der Waals surface area (Å²) in [5, 5.41) is 9.99. The Labute approximate surface area is 157 Å². The minimum absolute atomic E-state index is 0.0450. The lowest BCUT2D eigenvalue weighted by Gasteiger charge is -2.21. The van der Waals surface area contributed by atoms with Gasteiger partial charge in [0.05, 0.1) is 11.3 Å². The fourth-order valence-corrected chi connectivity index (χ4v) is 4.17. The number of rotatable bonds is 2. The summed E-state index contributed by atoms with van der Waals surface area (Å²) in [7, 11) is 0. The van der Waals surface area contributed by atoms with Crippen LogP contribution in [0.5, 0.6) is 0 Å². The normalized spacial score (nSPS) is 14.8. The van der Waals surface area contributed by atoms with E-state index in [1.807, 2.05) is 54.6 Å². The third-order valence-electron chi connectivity index (χ3n) is 5.41. The topological polar surface area (TPSA) is 57.0 Å². The number of benzene rings is 2. The molecule has 4 nitrogen and oxygen atoms in total. The highest BCUT2D eigenvalue weighted by molar-refractivity contribution is 6.25. The predicted octanol–water partition coefficient (Wildman–Crippen LogP) is 4.43. The first-order valence-corrected chi connectivity index (χ1v) is 9.22. The van der Waals surface area contributed by atoms with Gasteiger partial charge in [0.1, 0.15) is 17.5 Å². The van der Waals surface area contributed by atoms with Gasteiger partial charge in [-0.2, -0.15) is 5.26 Å². The molecule has 4 heteroatoms. The van der Waals surface area contributed by atoms with Crippen molar-refractivity contribution in [3.05, 3.63) is 71.3 Å². The second kappa shape index (κ2) is 6.07. The summed E-state index contributed by atoms with van der Waals surface area (Å²) in [5.41, 5.74) is 4.89. The molecule has 0 N–H and O–H groups in total. The van der Waals surface area contributed by atoms with Gasteiger partial charge in [0.2, 0.25) is 0 Å². The molecule has 0 bridgehead atoms. The Balaban J connectivity index is 1.88. The average Bonchev–Trinajstić information content (AvgIpc) is 3.36. The maximum absolute atomic E-state index is 13.2. The summed E-state index contributed by atoms with van der Waals surface area (Å²) < 4.78 is 0. The number of aromatic nitrogens is 1. The number of hydrogen-bond donors (Lipinski definition) is 0. The Morgan fingerprint density at radius 3 is 2.26 bits per heavy atom. The standard InChI is InChI=1S/C23H17N3O/c24-14-18-19-16-10-4-5-11-17(16)22(27)20(19)21(15-8-2-1-3-9-15)25-23(18)26-12-6-7-13-26/h1-5,8-11H,6-7,12-13H2. The number of pyridine rings is 1. The molecule has 1 fully saturated rings. The minimum atomic E-state index is -0.0450. The Bertz CT molecular complexity index is 1110. The van der Waals surface area contributed by atoms with Crippen LogP contribution in [-0.4, -0.2) is 23.9 Å². The van der Waals surface area contributed by atoms with E-state index in [-0.39, 0.29) is 5.78 Å². The number of ketones is 1. The van der Waals surface area contributed by atoms with Gasteiger partial charge < -0.3 is 4.90 Å². The summed E-state index contributed by atoms with van der Waals surface area (Å²) in [5.74, 6) is 0.661. The third kappa shape index (κ3) is 2.29. The molecule has 2 heterocycles. The first-order valence-electron chi connectivity index (χ1n) is 9.22. The lowest BCUT2D eigenvalue weighted by atomic mass is 9.96. The molecular formula is C23H17N3O. The van der Waals surface area contributed by atoms with E-state index >= 15 is 0 Å². The fourth-order valence-electron chi connectivity index (χ4n) is 4.17. The Kier molecular flexibility index (Phi) is 3.54. The summed E-state index contributed by atoms with van der Waals surface area (Å²) in [4.78, 5) is 20.3. The molecule has 0 unspecified atom stereocenters. The van der Waals surface area contributed by atoms with E-state index in [9.17, 15) is 10.1 Å². The highest BCUT2D eigenvalue weighted by Gasteiger charge is 2.35. The molecule has 1 aliphatic heterocycles. The summed E-state index contributed by atoms with van der Waals surface area (Å²) in [6.45, 7) is 1.79. The lowest BCUT2D eigenvalue weighted by Crippen LogP contribution is -2.21. The molecule has 27 heavy (non-hydrogen) atoms. The van der Waals surface area contributed by atoms with Gasteiger partial charge >= 0.3 is 0 Å². The number of nitriles is 1.